The third-order valence-electron chi connectivity index (χ3n) is 3.43. The smallest absolute Gasteiger partial charge is 0.337 e. The maximum atomic E-state index is 12.1. The molecule has 112 valence electrons. The highest BCUT2D eigenvalue weighted by atomic mass is 35.5. The third-order valence-corrected chi connectivity index (χ3v) is 4.39. The zero-order valence-electron chi connectivity index (χ0n) is 11.7. The van der Waals surface area contributed by atoms with Crippen molar-refractivity contribution in [3.05, 3.63) is 45.1 Å². The van der Waals surface area contributed by atoms with E-state index >= 15 is 0 Å². The van der Waals surface area contributed by atoms with Gasteiger partial charge in [0.1, 0.15) is 0 Å². The third kappa shape index (κ3) is 3.00. The van der Waals surface area contributed by atoms with Crippen molar-refractivity contribution >= 4 is 46.5 Å². The molecule has 1 aromatic carbocycles. The van der Waals surface area contributed by atoms with E-state index in [1.54, 1.807) is 30.1 Å². The Hall–Kier alpha value is -1.30. The van der Waals surface area contributed by atoms with Crippen LogP contribution in [0.1, 0.15) is 18.5 Å². The SMILES string of the molecule is COC(=O)C1=C(C)N(C)C(=S)NC1c1ccc(Cl)cc1Cl. The summed E-state index contributed by atoms with van der Waals surface area (Å²) in [5, 5.41) is 4.61. The van der Waals surface area contributed by atoms with Gasteiger partial charge in [-0.1, -0.05) is 29.3 Å². The number of nitrogens with one attached hydrogen (secondary N) is 1. The summed E-state index contributed by atoms with van der Waals surface area (Å²) in [7, 11) is 3.13. The first-order valence-electron chi connectivity index (χ1n) is 6.15. The lowest BCUT2D eigenvalue weighted by Gasteiger charge is -2.35. The Kier molecular flexibility index (Phi) is 4.76. The number of methoxy groups -OCH3 is 1. The zero-order valence-corrected chi connectivity index (χ0v) is 14.1. The second-order valence-corrected chi connectivity index (χ2v) is 5.83. The number of carbonyl (C=O) groups excluding carboxylic acids is 1. The van der Waals surface area contributed by atoms with Gasteiger partial charge in [0.05, 0.1) is 18.7 Å². The van der Waals surface area contributed by atoms with E-state index < -0.39 is 12.0 Å². The van der Waals surface area contributed by atoms with Crippen LogP contribution in [-0.4, -0.2) is 30.1 Å². The molecule has 7 heteroatoms. The number of esters is 1. The largest absolute Gasteiger partial charge is 0.466 e. The van der Waals surface area contributed by atoms with Crippen molar-refractivity contribution in [2.75, 3.05) is 14.2 Å². The molecule has 0 amide bonds. The van der Waals surface area contributed by atoms with Crippen molar-refractivity contribution in [2.45, 2.75) is 13.0 Å². The monoisotopic (exact) mass is 344 g/mol. The Bertz CT molecular complexity index is 646. The Morgan fingerprint density at radius 3 is 2.67 bits per heavy atom. The quantitative estimate of drug-likeness (QED) is 0.658. The second-order valence-electron chi connectivity index (χ2n) is 4.60. The molecule has 1 heterocycles. The molecule has 1 aliphatic heterocycles. The number of halogens is 2. The van der Waals surface area contributed by atoms with Gasteiger partial charge in [0.2, 0.25) is 0 Å². The van der Waals surface area contributed by atoms with Crippen LogP contribution in [0.2, 0.25) is 10.0 Å². The minimum Gasteiger partial charge on any atom is -0.466 e. The number of carbonyl (C=O) groups is 1. The number of ether oxygens (including phenoxy) is 1. The molecule has 0 saturated heterocycles. The molecule has 1 aliphatic rings. The standard InChI is InChI=1S/C14H14Cl2N2O2S/c1-7-11(13(19)20-3)12(17-14(21)18(7)2)9-5-4-8(15)6-10(9)16/h4-6,12H,1-3H3,(H,17,21). The molecule has 1 unspecified atom stereocenters. The lowest BCUT2D eigenvalue weighted by molar-refractivity contribution is -0.136. The Labute approximate surface area is 138 Å². The fourth-order valence-corrected chi connectivity index (χ4v) is 2.95. The number of hydrogen-bond acceptors (Lipinski definition) is 3. The lowest BCUT2D eigenvalue weighted by Crippen LogP contribution is -2.46. The number of allylic oxidation sites excluding steroid dienone is 1. The van der Waals surface area contributed by atoms with E-state index in [1.165, 1.54) is 7.11 Å². The topological polar surface area (TPSA) is 41.6 Å². The average molecular weight is 345 g/mol. The van der Waals surface area contributed by atoms with Gasteiger partial charge in [-0.05, 0) is 36.8 Å². The van der Waals surface area contributed by atoms with Gasteiger partial charge in [0.25, 0.3) is 0 Å². The summed E-state index contributed by atoms with van der Waals surface area (Å²) in [5.74, 6) is -0.426. The Morgan fingerprint density at radius 1 is 1.43 bits per heavy atom. The predicted molar refractivity (Wildman–Crippen MR) is 87.4 cm³/mol. The van der Waals surface area contributed by atoms with Crippen molar-refractivity contribution in [2.24, 2.45) is 0 Å². The molecular formula is C14H14Cl2N2O2S. The minimum atomic E-state index is -0.467. The van der Waals surface area contributed by atoms with Crippen LogP contribution in [0.3, 0.4) is 0 Å². The molecule has 0 spiro atoms. The first-order valence-corrected chi connectivity index (χ1v) is 7.31. The summed E-state index contributed by atoms with van der Waals surface area (Å²) < 4.78 is 4.88. The van der Waals surface area contributed by atoms with Crippen LogP contribution < -0.4 is 5.32 Å². The molecule has 1 N–H and O–H groups in total. The highest BCUT2D eigenvalue weighted by Gasteiger charge is 2.34. The van der Waals surface area contributed by atoms with Gasteiger partial charge in [-0.25, -0.2) is 4.79 Å². The minimum absolute atomic E-state index is 0.426. The maximum absolute atomic E-state index is 12.1. The number of benzene rings is 1. The number of thiocarbonyl (C=S) groups is 1. The van der Waals surface area contributed by atoms with Gasteiger partial charge in [0.15, 0.2) is 5.11 Å². The van der Waals surface area contributed by atoms with Gasteiger partial charge < -0.3 is 15.0 Å². The van der Waals surface area contributed by atoms with Crippen LogP contribution in [0.4, 0.5) is 0 Å². The number of nitrogens with zero attached hydrogens (tertiary/aromatic N) is 1. The molecular weight excluding hydrogens is 331 g/mol. The Morgan fingerprint density at radius 2 is 2.10 bits per heavy atom. The van der Waals surface area contributed by atoms with E-state index in [-0.39, 0.29) is 0 Å². The van der Waals surface area contributed by atoms with Crippen molar-refractivity contribution in [1.29, 1.82) is 0 Å². The zero-order chi connectivity index (χ0) is 15.7. The molecule has 0 fully saturated rings. The molecule has 0 bridgehead atoms. The average Bonchev–Trinajstić information content (AvgIpc) is 2.44. The van der Waals surface area contributed by atoms with Crippen LogP contribution in [0.15, 0.2) is 29.5 Å². The van der Waals surface area contributed by atoms with Crippen molar-refractivity contribution in [1.82, 2.24) is 10.2 Å². The molecule has 0 saturated carbocycles. The van der Waals surface area contributed by atoms with E-state index in [0.29, 0.717) is 20.7 Å². The number of rotatable bonds is 2. The molecule has 4 nitrogen and oxygen atoms in total. The molecule has 21 heavy (non-hydrogen) atoms. The van der Waals surface area contributed by atoms with Crippen LogP contribution in [0.25, 0.3) is 0 Å². The van der Waals surface area contributed by atoms with Gasteiger partial charge in [0, 0.05) is 22.8 Å². The van der Waals surface area contributed by atoms with Crippen LogP contribution in [0, 0.1) is 0 Å². The van der Waals surface area contributed by atoms with Crippen molar-refractivity contribution < 1.29 is 9.53 Å². The van der Waals surface area contributed by atoms with Gasteiger partial charge >= 0.3 is 5.97 Å². The first-order chi connectivity index (χ1) is 9.86. The van der Waals surface area contributed by atoms with Gasteiger partial charge in [-0.3, -0.25) is 0 Å². The van der Waals surface area contributed by atoms with E-state index in [2.05, 4.69) is 5.32 Å². The molecule has 0 radical (unpaired) electrons. The molecule has 0 aromatic heterocycles. The summed E-state index contributed by atoms with van der Waals surface area (Å²) in [5.41, 5.74) is 1.91. The number of hydrogen-bond donors (Lipinski definition) is 1. The van der Waals surface area contributed by atoms with Gasteiger partial charge in [-0.2, -0.15) is 0 Å². The molecule has 2 rings (SSSR count). The first kappa shape index (κ1) is 16.1. The lowest BCUT2D eigenvalue weighted by atomic mass is 9.95. The summed E-state index contributed by atoms with van der Waals surface area (Å²) in [6.07, 6.45) is 0. The molecule has 1 aromatic rings. The van der Waals surface area contributed by atoms with Crippen molar-refractivity contribution in [3.8, 4) is 0 Å². The summed E-state index contributed by atoms with van der Waals surface area (Å²) in [6.45, 7) is 1.82. The maximum Gasteiger partial charge on any atom is 0.337 e. The van der Waals surface area contributed by atoms with E-state index in [1.807, 2.05) is 6.92 Å². The van der Waals surface area contributed by atoms with Crippen LogP contribution in [-0.2, 0) is 9.53 Å². The normalized spacial score (nSPS) is 18.6. The van der Waals surface area contributed by atoms with E-state index in [4.69, 9.17) is 40.2 Å². The fourth-order valence-electron chi connectivity index (χ4n) is 2.18. The summed E-state index contributed by atoms with van der Waals surface area (Å²) in [6, 6.07) is 4.65. The Balaban J connectivity index is 2.59. The van der Waals surface area contributed by atoms with E-state index in [9.17, 15) is 4.79 Å². The summed E-state index contributed by atoms with van der Waals surface area (Å²) in [4.78, 5) is 13.9. The summed E-state index contributed by atoms with van der Waals surface area (Å²) >= 11 is 17.5. The van der Waals surface area contributed by atoms with Crippen LogP contribution >= 0.6 is 35.4 Å². The molecule has 1 atom stereocenters. The van der Waals surface area contributed by atoms with Crippen LogP contribution in [0.5, 0.6) is 0 Å². The second kappa shape index (κ2) is 6.22. The van der Waals surface area contributed by atoms with Crippen molar-refractivity contribution in [3.63, 3.8) is 0 Å². The highest BCUT2D eigenvalue weighted by molar-refractivity contribution is 7.80. The van der Waals surface area contributed by atoms with E-state index in [0.717, 1.165) is 11.3 Å². The molecule has 0 aliphatic carbocycles. The highest BCUT2D eigenvalue weighted by Crippen LogP contribution is 2.35. The predicted octanol–water partition coefficient (Wildman–Crippen LogP) is 3.30. The van der Waals surface area contributed by atoms with Gasteiger partial charge in [-0.15, -0.1) is 0 Å². The fraction of sp³-hybridized carbons (Fsp3) is 0.286.